The molecule has 1 N–H and O–H groups in total. The molecule has 8 heteroatoms. The molecule has 0 aliphatic carbocycles. The van der Waals surface area contributed by atoms with Crippen LogP contribution in [-0.2, 0) is 10.0 Å². The second-order valence-electron chi connectivity index (χ2n) is 6.82. The third kappa shape index (κ3) is 5.09. The summed E-state index contributed by atoms with van der Waals surface area (Å²) >= 11 is 1.59. The topological polar surface area (TPSA) is 75.7 Å². The molecule has 2 rings (SSSR count). The van der Waals surface area contributed by atoms with Crippen molar-refractivity contribution in [1.29, 1.82) is 0 Å². The first-order valence-corrected chi connectivity index (χ1v) is 10.9. The molecule has 1 heterocycles. The van der Waals surface area contributed by atoms with Crippen LogP contribution < -0.4 is 10.1 Å². The average molecular weight is 411 g/mol. The van der Waals surface area contributed by atoms with E-state index in [1.165, 1.54) is 33.3 Å². The number of rotatable bonds is 8. The van der Waals surface area contributed by atoms with Crippen molar-refractivity contribution in [3.63, 3.8) is 0 Å². The number of nitrogens with zero attached hydrogens (tertiary/aromatic N) is 1. The number of benzene rings is 1. The van der Waals surface area contributed by atoms with Crippen LogP contribution in [0.15, 0.2) is 40.6 Å². The van der Waals surface area contributed by atoms with Gasteiger partial charge in [-0.3, -0.25) is 4.79 Å². The fraction of sp³-hybridized carbons (Fsp3) is 0.421. The van der Waals surface area contributed by atoms with Gasteiger partial charge in [-0.2, -0.15) is 0 Å². The third-order valence-corrected chi connectivity index (χ3v) is 6.91. The lowest BCUT2D eigenvalue weighted by Crippen LogP contribution is -2.29. The minimum Gasteiger partial charge on any atom is -0.495 e. The zero-order chi connectivity index (χ0) is 20.2. The summed E-state index contributed by atoms with van der Waals surface area (Å²) < 4.78 is 31.4. The zero-order valence-corrected chi connectivity index (χ0v) is 17.9. The Labute approximate surface area is 165 Å². The summed E-state index contributed by atoms with van der Waals surface area (Å²) in [6.45, 7) is 4.20. The van der Waals surface area contributed by atoms with Crippen LogP contribution in [0.3, 0.4) is 0 Å². The number of methoxy groups -OCH3 is 1. The molecule has 1 amide bonds. The molecule has 0 aliphatic rings. The summed E-state index contributed by atoms with van der Waals surface area (Å²) in [5.74, 6) is 0.294. The molecule has 0 aliphatic heterocycles. The zero-order valence-electron chi connectivity index (χ0n) is 16.2. The summed E-state index contributed by atoms with van der Waals surface area (Å²) in [6, 6.07) is 8.28. The van der Waals surface area contributed by atoms with Crippen LogP contribution in [0, 0.1) is 5.92 Å². The minimum atomic E-state index is -3.74. The first kappa shape index (κ1) is 21.4. The number of amides is 1. The van der Waals surface area contributed by atoms with E-state index in [1.54, 1.807) is 17.4 Å². The molecular formula is C19H26N2O4S2. The Kier molecular flexibility index (Phi) is 7.02. The molecular weight excluding hydrogens is 384 g/mol. The maximum Gasteiger partial charge on any atom is 0.251 e. The molecule has 0 spiro atoms. The number of hydrogen-bond acceptors (Lipinski definition) is 5. The molecule has 0 radical (unpaired) electrons. The van der Waals surface area contributed by atoms with Crippen molar-refractivity contribution in [3.05, 3.63) is 46.2 Å². The van der Waals surface area contributed by atoms with Gasteiger partial charge >= 0.3 is 0 Å². The number of sulfonamides is 1. The lowest BCUT2D eigenvalue weighted by Gasteiger charge is -2.20. The van der Waals surface area contributed by atoms with Crippen molar-refractivity contribution in [2.24, 2.45) is 5.92 Å². The van der Waals surface area contributed by atoms with Crippen molar-refractivity contribution in [2.45, 2.75) is 31.2 Å². The van der Waals surface area contributed by atoms with Gasteiger partial charge in [0.1, 0.15) is 10.6 Å². The number of thiophene rings is 1. The van der Waals surface area contributed by atoms with E-state index >= 15 is 0 Å². The van der Waals surface area contributed by atoms with Crippen LogP contribution in [0.4, 0.5) is 0 Å². The highest BCUT2D eigenvalue weighted by Gasteiger charge is 2.25. The van der Waals surface area contributed by atoms with Gasteiger partial charge in [-0.05, 0) is 42.0 Å². The molecule has 1 aromatic heterocycles. The Bertz CT molecular complexity index is 875. The maximum absolute atomic E-state index is 12.8. The Morgan fingerprint density at radius 3 is 2.48 bits per heavy atom. The lowest BCUT2D eigenvalue weighted by molar-refractivity contribution is 0.0932. The van der Waals surface area contributed by atoms with E-state index in [4.69, 9.17) is 4.74 Å². The number of hydrogen-bond donors (Lipinski definition) is 1. The quantitative estimate of drug-likeness (QED) is 0.722. The largest absolute Gasteiger partial charge is 0.495 e. The van der Waals surface area contributed by atoms with Gasteiger partial charge in [-0.25, -0.2) is 12.7 Å². The highest BCUT2D eigenvalue weighted by atomic mass is 32.2. The summed E-state index contributed by atoms with van der Waals surface area (Å²) in [6.07, 6.45) is 0.797. The number of carbonyl (C=O) groups excluding carboxylic acids is 1. The van der Waals surface area contributed by atoms with E-state index in [2.05, 4.69) is 19.2 Å². The molecule has 0 saturated carbocycles. The first-order chi connectivity index (χ1) is 12.7. The molecule has 1 aromatic carbocycles. The SMILES string of the molecule is COc1ccc(C(=O)NC(CC(C)C)c2cccs2)cc1S(=O)(=O)N(C)C. The van der Waals surface area contributed by atoms with Crippen LogP contribution in [0.1, 0.15) is 41.5 Å². The maximum atomic E-state index is 12.8. The van der Waals surface area contributed by atoms with Crippen molar-refractivity contribution in [3.8, 4) is 5.75 Å². The van der Waals surface area contributed by atoms with Crippen LogP contribution in [0.25, 0.3) is 0 Å². The minimum absolute atomic E-state index is 0.0285. The van der Waals surface area contributed by atoms with Crippen LogP contribution in [-0.4, -0.2) is 39.8 Å². The van der Waals surface area contributed by atoms with Gasteiger partial charge in [-0.15, -0.1) is 11.3 Å². The number of nitrogens with one attached hydrogen (secondary N) is 1. The molecule has 27 heavy (non-hydrogen) atoms. The summed E-state index contributed by atoms with van der Waals surface area (Å²) in [4.78, 5) is 13.9. The van der Waals surface area contributed by atoms with E-state index in [0.717, 1.165) is 15.6 Å². The molecule has 0 bridgehead atoms. The Morgan fingerprint density at radius 2 is 1.96 bits per heavy atom. The molecule has 1 atom stereocenters. The second-order valence-corrected chi connectivity index (χ2v) is 9.92. The van der Waals surface area contributed by atoms with Gasteiger partial charge in [-0.1, -0.05) is 19.9 Å². The Balaban J connectivity index is 2.35. The van der Waals surface area contributed by atoms with E-state index in [-0.39, 0.29) is 28.2 Å². The van der Waals surface area contributed by atoms with Gasteiger partial charge in [0.15, 0.2) is 0 Å². The number of ether oxygens (including phenoxy) is 1. The van der Waals surface area contributed by atoms with Crippen molar-refractivity contribution >= 4 is 27.3 Å². The van der Waals surface area contributed by atoms with E-state index in [0.29, 0.717) is 5.92 Å². The van der Waals surface area contributed by atoms with Gasteiger partial charge < -0.3 is 10.1 Å². The molecule has 148 valence electrons. The van der Waals surface area contributed by atoms with Gasteiger partial charge in [0.25, 0.3) is 5.91 Å². The van der Waals surface area contributed by atoms with Crippen LogP contribution in [0.2, 0.25) is 0 Å². The normalized spacial score (nSPS) is 13.0. The monoisotopic (exact) mass is 410 g/mol. The van der Waals surface area contributed by atoms with Gasteiger partial charge in [0, 0.05) is 24.5 Å². The second kappa shape index (κ2) is 8.86. The van der Waals surface area contributed by atoms with Crippen molar-refractivity contribution < 1.29 is 17.9 Å². The van der Waals surface area contributed by atoms with Crippen molar-refractivity contribution in [2.75, 3.05) is 21.2 Å². The molecule has 2 aromatic rings. The summed E-state index contributed by atoms with van der Waals surface area (Å²) in [5, 5.41) is 5.01. The highest BCUT2D eigenvalue weighted by Crippen LogP contribution is 2.29. The summed E-state index contributed by atoms with van der Waals surface area (Å²) in [7, 11) is 0.549. The molecule has 0 fully saturated rings. The number of carbonyl (C=O) groups is 1. The fourth-order valence-electron chi connectivity index (χ4n) is 2.66. The summed E-state index contributed by atoms with van der Waals surface area (Å²) in [5.41, 5.74) is 0.279. The molecule has 1 unspecified atom stereocenters. The standard InChI is InChI=1S/C19H26N2O4S2/c1-13(2)11-15(17-7-6-10-26-17)20-19(22)14-8-9-16(25-5)18(12-14)27(23,24)21(3)4/h6-10,12-13,15H,11H2,1-5H3,(H,20,22). The Morgan fingerprint density at radius 1 is 1.26 bits per heavy atom. The third-order valence-electron chi connectivity index (χ3n) is 4.08. The first-order valence-electron chi connectivity index (χ1n) is 8.61. The predicted octanol–water partition coefficient (Wildman–Crippen LogP) is 3.52. The van der Waals surface area contributed by atoms with E-state index < -0.39 is 10.0 Å². The average Bonchev–Trinajstić information content (AvgIpc) is 3.14. The van der Waals surface area contributed by atoms with Gasteiger partial charge in [0.2, 0.25) is 10.0 Å². The van der Waals surface area contributed by atoms with Gasteiger partial charge in [0.05, 0.1) is 13.2 Å². The molecule has 0 saturated heterocycles. The van der Waals surface area contributed by atoms with E-state index in [1.807, 2.05) is 17.5 Å². The van der Waals surface area contributed by atoms with Crippen LogP contribution in [0.5, 0.6) is 5.75 Å². The van der Waals surface area contributed by atoms with Crippen molar-refractivity contribution in [1.82, 2.24) is 9.62 Å². The predicted molar refractivity (Wildman–Crippen MR) is 108 cm³/mol. The lowest BCUT2D eigenvalue weighted by atomic mass is 10.0. The fourth-order valence-corrected chi connectivity index (χ4v) is 4.53. The highest BCUT2D eigenvalue weighted by molar-refractivity contribution is 7.89. The van der Waals surface area contributed by atoms with E-state index in [9.17, 15) is 13.2 Å². The smallest absolute Gasteiger partial charge is 0.251 e. The molecule has 6 nitrogen and oxygen atoms in total. The van der Waals surface area contributed by atoms with Crippen LogP contribution >= 0.6 is 11.3 Å². The Hall–Kier alpha value is -1.90.